The molecule has 4 aromatic heterocycles. The average Bonchev–Trinajstić information content (AvgIpc) is 3.31. The van der Waals surface area contributed by atoms with E-state index < -0.39 is 15.8 Å². The van der Waals surface area contributed by atoms with E-state index in [9.17, 15) is 22.4 Å². The normalized spacial score (nSPS) is 13.8. The van der Waals surface area contributed by atoms with Gasteiger partial charge in [-0.15, -0.1) is 11.3 Å². The number of nitrogens with one attached hydrogen (secondary N) is 2. The molecule has 1 aliphatic carbocycles. The minimum Gasteiger partial charge on any atom is -0.437 e. The monoisotopic (exact) mass is 517 g/mol. The Bertz CT molecular complexity index is 1670. The summed E-state index contributed by atoms with van der Waals surface area (Å²) in [5, 5.41) is 8.65. The lowest BCUT2D eigenvalue weighted by Crippen LogP contribution is -2.25. The Hall–Kier alpha value is -3.55. The number of ether oxygens (including phenoxy) is 1. The van der Waals surface area contributed by atoms with E-state index in [0.29, 0.717) is 21.4 Å². The molecule has 0 bridgehead atoms. The fourth-order valence-corrected chi connectivity index (χ4v) is 5.45. The number of aryl methyl sites for hydroxylation is 2. The molecule has 4 heterocycles. The molecule has 182 valence electrons. The maximum Gasteiger partial charge on any atom is 0.274 e. The van der Waals surface area contributed by atoms with Crippen molar-refractivity contribution in [2.75, 3.05) is 0 Å². The second kappa shape index (κ2) is 8.29. The van der Waals surface area contributed by atoms with Crippen LogP contribution in [-0.2, 0) is 17.1 Å². The van der Waals surface area contributed by atoms with Crippen LogP contribution in [0, 0.1) is 12.7 Å². The van der Waals surface area contributed by atoms with Crippen molar-refractivity contribution in [3.8, 4) is 22.1 Å². The van der Waals surface area contributed by atoms with Crippen LogP contribution in [0.2, 0.25) is 0 Å². The predicted molar refractivity (Wildman–Crippen MR) is 128 cm³/mol. The third-order valence-corrected chi connectivity index (χ3v) is 8.10. The molecule has 0 radical (unpaired) electrons. The van der Waals surface area contributed by atoms with E-state index in [1.807, 2.05) is 0 Å². The van der Waals surface area contributed by atoms with Crippen LogP contribution in [0.1, 0.15) is 28.9 Å². The van der Waals surface area contributed by atoms with Gasteiger partial charge in [0.2, 0.25) is 15.9 Å². The zero-order valence-electron chi connectivity index (χ0n) is 18.6. The number of aromatic amines is 1. The van der Waals surface area contributed by atoms with E-state index in [1.165, 1.54) is 29.9 Å². The van der Waals surface area contributed by atoms with Crippen LogP contribution >= 0.6 is 11.3 Å². The Kier molecular flexibility index (Phi) is 5.49. The second-order valence-corrected chi connectivity index (χ2v) is 11.2. The number of carbonyl (C=O) groups excluding carboxylic acids is 1. The number of nitrogens with zero attached hydrogens (tertiary/aromatic N) is 2. The Morgan fingerprint density at radius 2 is 2.09 bits per heavy atom. The predicted octanol–water partition coefficient (Wildman–Crippen LogP) is 2.77. The molecule has 10 nitrogen and oxygen atoms in total. The van der Waals surface area contributed by atoms with E-state index in [-0.39, 0.29) is 44.6 Å². The topological polar surface area (TPSA) is 149 Å². The van der Waals surface area contributed by atoms with Crippen LogP contribution in [0.3, 0.4) is 0 Å². The summed E-state index contributed by atoms with van der Waals surface area (Å²) in [4.78, 5) is 32.6. The highest BCUT2D eigenvalue weighted by atomic mass is 32.2. The summed E-state index contributed by atoms with van der Waals surface area (Å²) in [7, 11) is -2.55. The summed E-state index contributed by atoms with van der Waals surface area (Å²) in [6, 6.07) is 4.16. The number of hydrogen-bond acceptors (Lipinski definition) is 7. The summed E-state index contributed by atoms with van der Waals surface area (Å²) in [6.45, 7) is 1.60. The van der Waals surface area contributed by atoms with E-state index >= 15 is 0 Å². The Morgan fingerprint density at radius 3 is 2.74 bits per heavy atom. The Morgan fingerprint density at radius 1 is 1.34 bits per heavy atom. The lowest BCUT2D eigenvalue weighted by Gasteiger charge is -2.10. The number of sulfonamides is 1. The third kappa shape index (κ3) is 4.45. The van der Waals surface area contributed by atoms with Gasteiger partial charge in [0.15, 0.2) is 0 Å². The molecule has 1 amide bonds. The van der Waals surface area contributed by atoms with Gasteiger partial charge in [-0.25, -0.2) is 22.9 Å². The zero-order chi connectivity index (χ0) is 25.1. The fourth-order valence-electron chi connectivity index (χ4n) is 3.62. The maximum atomic E-state index is 13.5. The number of halogens is 1. The van der Waals surface area contributed by atoms with E-state index in [2.05, 4.69) is 15.3 Å². The van der Waals surface area contributed by atoms with Gasteiger partial charge in [0.25, 0.3) is 11.5 Å². The number of hydrogen-bond donors (Lipinski definition) is 3. The number of pyridine rings is 2. The molecular weight excluding hydrogens is 497 g/mol. The van der Waals surface area contributed by atoms with Crippen LogP contribution < -0.4 is 20.8 Å². The number of primary sulfonamides is 1. The van der Waals surface area contributed by atoms with Gasteiger partial charge >= 0.3 is 0 Å². The van der Waals surface area contributed by atoms with E-state index in [4.69, 9.17) is 9.88 Å². The number of thiophene rings is 1. The van der Waals surface area contributed by atoms with Crippen molar-refractivity contribution in [2.24, 2.45) is 12.2 Å². The third-order valence-electron chi connectivity index (χ3n) is 5.53. The number of amides is 1. The van der Waals surface area contributed by atoms with Crippen LogP contribution in [0.5, 0.6) is 11.6 Å². The number of nitrogens with two attached hydrogens (primary N) is 1. The molecule has 1 fully saturated rings. The summed E-state index contributed by atoms with van der Waals surface area (Å²) in [5.41, 5.74) is 0.858. The molecule has 4 aromatic rings. The molecule has 0 aromatic carbocycles. The van der Waals surface area contributed by atoms with Crippen molar-refractivity contribution < 1.29 is 22.3 Å². The number of aromatic nitrogens is 3. The molecule has 0 saturated heterocycles. The molecule has 1 aliphatic rings. The van der Waals surface area contributed by atoms with Crippen molar-refractivity contribution in [2.45, 2.75) is 30.0 Å². The van der Waals surface area contributed by atoms with Crippen LogP contribution in [0.4, 0.5) is 4.39 Å². The number of rotatable bonds is 6. The van der Waals surface area contributed by atoms with Crippen molar-refractivity contribution >= 4 is 38.2 Å². The summed E-state index contributed by atoms with van der Waals surface area (Å²) >= 11 is 0.846. The highest BCUT2D eigenvalue weighted by Gasteiger charge is 2.27. The van der Waals surface area contributed by atoms with E-state index in [1.54, 1.807) is 13.0 Å². The largest absolute Gasteiger partial charge is 0.437 e. The molecule has 1 saturated carbocycles. The highest BCUT2D eigenvalue weighted by Crippen LogP contribution is 2.44. The molecule has 13 heteroatoms. The number of H-pyrrole nitrogens is 1. The Labute approximate surface area is 202 Å². The quantitative estimate of drug-likeness (QED) is 0.358. The first-order valence-electron chi connectivity index (χ1n) is 10.5. The van der Waals surface area contributed by atoms with Crippen molar-refractivity contribution in [3.05, 3.63) is 58.0 Å². The van der Waals surface area contributed by atoms with Crippen molar-refractivity contribution in [3.63, 3.8) is 0 Å². The van der Waals surface area contributed by atoms with Crippen LogP contribution in [0.25, 0.3) is 21.3 Å². The molecule has 0 unspecified atom stereocenters. The van der Waals surface area contributed by atoms with Crippen LogP contribution in [-0.4, -0.2) is 34.9 Å². The minimum atomic E-state index is -4.09. The molecule has 0 spiro atoms. The van der Waals surface area contributed by atoms with Gasteiger partial charge < -0.3 is 19.6 Å². The highest BCUT2D eigenvalue weighted by molar-refractivity contribution is 7.91. The van der Waals surface area contributed by atoms with Gasteiger partial charge in [0.05, 0.1) is 11.1 Å². The minimum absolute atomic E-state index is 0.0750. The molecule has 0 aliphatic heterocycles. The van der Waals surface area contributed by atoms with Crippen molar-refractivity contribution in [1.82, 2.24) is 19.9 Å². The standard InChI is InChI=1S/C22H20FN5O5S2/c1-10-5-11(23)8-25-21(10)33-16-7-17(35(24,31)32)34-19(16)14-9-28(2)22(30)18-13(14)6-15(27-18)20(29)26-12-3-4-12/h5-9,12,27H,3-4H2,1-2H3,(H,26,29)(H2,24,31,32). The molecule has 4 N–H and O–H groups in total. The first kappa shape index (κ1) is 23.2. The fraction of sp³-hybridized carbons (Fsp3) is 0.227. The summed E-state index contributed by atoms with van der Waals surface area (Å²) in [5.74, 6) is -0.706. The van der Waals surface area contributed by atoms with Gasteiger partial charge in [0, 0.05) is 41.9 Å². The SMILES string of the molecule is Cc1cc(F)cnc1Oc1cc(S(N)(=O)=O)sc1-c1cn(C)c(=O)c2[nH]c(C(=O)NC3CC3)cc12. The van der Waals surface area contributed by atoms with Gasteiger partial charge in [-0.1, -0.05) is 0 Å². The average molecular weight is 518 g/mol. The van der Waals surface area contributed by atoms with Gasteiger partial charge in [-0.2, -0.15) is 0 Å². The maximum absolute atomic E-state index is 13.5. The second-order valence-electron chi connectivity index (χ2n) is 8.36. The lowest BCUT2D eigenvalue weighted by atomic mass is 10.1. The van der Waals surface area contributed by atoms with Crippen LogP contribution in [0.15, 0.2) is 39.6 Å². The molecule has 35 heavy (non-hydrogen) atoms. The van der Waals surface area contributed by atoms with Gasteiger partial charge in [-0.3, -0.25) is 9.59 Å². The molecular formula is C22H20FN5O5S2. The number of fused-ring (bicyclic) bond motifs is 1. The summed E-state index contributed by atoms with van der Waals surface area (Å²) in [6.07, 6.45) is 4.32. The molecule has 0 atom stereocenters. The first-order chi connectivity index (χ1) is 16.5. The van der Waals surface area contributed by atoms with Gasteiger partial charge in [-0.05, 0) is 31.9 Å². The zero-order valence-corrected chi connectivity index (χ0v) is 20.2. The Balaban J connectivity index is 1.69. The smallest absolute Gasteiger partial charge is 0.274 e. The van der Waals surface area contributed by atoms with E-state index in [0.717, 1.165) is 30.4 Å². The molecule has 5 rings (SSSR count). The number of carbonyl (C=O) groups is 1. The van der Waals surface area contributed by atoms with Gasteiger partial charge in [0.1, 0.15) is 27.0 Å². The lowest BCUT2D eigenvalue weighted by molar-refractivity contribution is 0.0947. The van der Waals surface area contributed by atoms with Crippen molar-refractivity contribution in [1.29, 1.82) is 0 Å². The summed E-state index contributed by atoms with van der Waals surface area (Å²) < 4.78 is 44.8. The first-order valence-corrected chi connectivity index (χ1v) is 12.9.